The predicted octanol–water partition coefficient (Wildman–Crippen LogP) is 3.13. The van der Waals surface area contributed by atoms with Crippen molar-refractivity contribution in [2.75, 3.05) is 0 Å². The molecule has 0 nitrogen and oxygen atoms in total. The zero-order valence-corrected chi connectivity index (χ0v) is 8.60. The molecule has 12 heavy (non-hydrogen) atoms. The maximum Gasteiger partial charge on any atom is 0.0711 e. The van der Waals surface area contributed by atoms with Crippen LogP contribution in [-0.2, 0) is 6.42 Å². The highest BCUT2D eigenvalue weighted by molar-refractivity contribution is 7.88. The van der Waals surface area contributed by atoms with Gasteiger partial charge in [0.2, 0.25) is 0 Å². The largest absolute Gasteiger partial charge is 0.0843 e. The molecule has 0 fully saturated rings. The minimum atomic E-state index is 0.646. The Labute approximate surface area is 87.5 Å². The molecule has 0 aliphatic rings. The summed E-state index contributed by atoms with van der Waals surface area (Å²) >= 11 is 15.3. The summed E-state index contributed by atoms with van der Waals surface area (Å²) in [6.07, 6.45) is 0.652. The summed E-state index contributed by atoms with van der Waals surface area (Å²) in [6.45, 7) is 0. The Bertz CT molecular complexity index is 307. The van der Waals surface area contributed by atoms with Crippen molar-refractivity contribution >= 4 is 46.3 Å². The normalized spacial score (nSPS) is 9.42. The van der Waals surface area contributed by atoms with E-state index in [2.05, 4.69) is 17.6 Å². The van der Waals surface area contributed by atoms with E-state index in [1.807, 2.05) is 24.3 Å². The summed E-state index contributed by atoms with van der Waals surface area (Å²) in [6, 6.07) is 7.56. The van der Waals surface area contributed by atoms with E-state index in [0.29, 0.717) is 11.3 Å². The van der Waals surface area contributed by atoms with E-state index < -0.39 is 0 Å². The summed E-state index contributed by atoms with van der Waals surface area (Å²) < 4.78 is 0. The van der Waals surface area contributed by atoms with E-state index in [1.165, 1.54) is 0 Å². The van der Waals surface area contributed by atoms with Crippen LogP contribution >= 0.6 is 36.0 Å². The van der Waals surface area contributed by atoms with E-state index >= 15 is 0 Å². The second-order valence-electron chi connectivity index (χ2n) is 2.33. The van der Waals surface area contributed by atoms with Gasteiger partial charge < -0.3 is 0 Å². The molecule has 0 saturated carbocycles. The van der Waals surface area contributed by atoms with Crippen LogP contribution in [0.5, 0.6) is 0 Å². The number of rotatable bonds is 3. The molecule has 0 unspecified atom stereocenters. The third-order valence-electron chi connectivity index (χ3n) is 1.37. The zero-order valence-electron chi connectivity index (χ0n) is 6.21. The molecule has 3 heteroatoms. The van der Waals surface area contributed by atoms with Gasteiger partial charge in [0, 0.05) is 16.3 Å². The Balaban J connectivity index is 2.76. The average Bonchev–Trinajstić information content (AvgIpc) is 2.04. The summed E-state index contributed by atoms with van der Waals surface area (Å²) in [7, 11) is 0. The van der Waals surface area contributed by atoms with Gasteiger partial charge in [-0.05, 0) is 17.7 Å². The van der Waals surface area contributed by atoms with Gasteiger partial charge in [-0.15, -0.1) is 0 Å². The molecule has 0 spiro atoms. The molecular formula is C9H6ClS2. The molecular weight excluding hydrogens is 208 g/mol. The van der Waals surface area contributed by atoms with Crippen LogP contribution < -0.4 is 0 Å². The molecule has 0 heterocycles. The zero-order chi connectivity index (χ0) is 8.97. The van der Waals surface area contributed by atoms with Gasteiger partial charge in [-0.25, -0.2) is 0 Å². The van der Waals surface area contributed by atoms with Gasteiger partial charge in [0.25, 0.3) is 0 Å². The SMILES string of the molecule is S=[C]C(=S)Cc1cccc(Cl)c1. The molecule has 1 aromatic rings. The van der Waals surface area contributed by atoms with Crippen LogP contribution in [0.3, 0.4) is 0 Å². The summed E-state index contributed by atoms with van der Waals surface area (Å²) in [5.74, 6) is 0. The highest BCUT2D eigenvalue weighted by Gasteiger charge is 1.96. The Morgan fingerprint density at radius 3 is 2.83 bits per heavy atom. The average molecular weight is 214 g/mol. The van der Waals surface area contributed by atoms with Crippen molar-refractivity contribution in [3.63, 3.8) is 0 Å². The minimum absolute atomic E-state index is 0.646. The molecule has 1 radical (unpaired) electrons. The van der Waals surface area contributed by atoms with Crippen LogP contribution in [0, 0.1) is 0 Å². The lowest BCUT2D eigenvalue weighted by Gasteiger charge is -1.98. The number of hydrogen-bond donors (Lipinski definition) is 0. The third-order valence-corrected chi connectivity index (χ3v) is 2.22. The van der Waals surface area contributed by atoms with Crippen LogP contribution in [0.1, 0.15) is 5.56 Å². The van der Waals surface area contributed by atoms with Crippen molar-refractivity contribution in [1.82, 2.24) is 0 Å². The third kappa shape index (κ3) is 2.97. The maximum atomic E-state index is 5.78. The summed E-state index contributed by atoms with van der Waals surface area (Å²) in [5.41, 5.74) is 1.07. The molecule has 0 aromatic heterocycles. The first kappa shape index (κ1) is 9.78. The van der Waals surface area contributed by atoms with Crippen molar-refractivity contribution in [3.05, 3.63) is 34.9 Å². The molecule has 1 aromatic carbocycles. The van der Waals surface area contributed by atoms with Crippen LogP contribution in [0.25, 0.3) is 0 Å². The fourth-order valence-corrected chi connectivity index (χ4v) is 1.32. The minimum Gasteiger partial charge on any atom is -0.0843 e. The van der Waals surface area contributed by atoms with Crippen molar-refractivity contribution in [2.24, 2.45) is 0 Å². The van der Waals surface area contributed by atoms with Crippen molar-refractivity contribution < 1.29 is 0 Å². The Morgan fingerprint density at radius 2 is 2.25 bits per heavy atom. The van der Waals surface area contributed by atoms with Gasteiger partial charge in [0.1, 0.15) is 0 Å². The fraction of sp³-hybridized carbons (Fsp3) is 0.111. The molecule has 0 atom stereocenters. The Morgan fingerprint density at radius 1 is 1.50 bits per heavy atom. The molecule has 0 amide bonds. The first-order valence-electron chi connectivity index (χ1n) is 3.38. The molecule has 0 saturated heterocycles. The van der Waals surface area contributed by atoms with E-state index in [4.69, 9.17) is 23.8 Å². The Kier molecular flexibility index (Phi) is 3.79. The Hall–Kier alpha value is -0.310. The standard InChI is InChI=1S/C9H6ClS2/c10-8-3-1-2-7(4-8)5-9(12)6-11/h1-4H,5H2. The predicted molar refractivity (Wildman–Crippen MR) is 60.4 cm³/mol. The second-order valence-corrected chi connectivity index (χ2v) is 3.47. The van der Waals surface area contributed by atoms with Crippen molar-refractivity contribution in [2.45, 2.75) is 6.42 Å². The smallest absolute Gasteiger partial charge is 0.0711 e. The quantitative estimate of drug-likeness (QED) is 0.708. The van der Waals surface area contributed by atoms with E-state index in [-0.39, 0.29) is 0 Å². The second kappa shape index (κ2) is 4.65. The lowest BCUT2D eigenvalue weighted by atomic mass is 10.1. The van der Waals surface area contributed by atoms with Crippen LogP contribution in [-0.4, -0.2) is 10.2 Å². The number of halogens is 1. The van der Waals surface area contributed by atoms with Gasteiger partial charge >= 0.3 is 0 Å². The van der Waals surface area contributed by atoms with Gasteiger partial charge in [-0.3, -0.25) is 0 Å². The van der Waals surface area contributed by atoms with E-state index in [1.54, 1.807) is 0 Å². The van der Waals surface area contributed by atoms with Crippen LogP contribution in [0.4, 0.5) is 0 Å². The summed E-state index contributed by atoms with van der Waals surface area (Å²) in [5, 5.41) is 3.23. The topological polar surface area (TPSA) is 0 Å². The first-order valence-corrected chi connectivity index (χ1v) is 4.57. The summed E-state index contributed by atoms with van der Waals surface area (Å²) in [4.78, 5) is 0.646. The van der Waals surface area contributed by atoms with Crippen molar-refractivity contribution in [1.29, 1.82) is 0 Å². The van der Waals surface area contributed by atoms with E-state index in [0.717, 1.165) is 10.6 Å². The molecule has 1 rings (SSSR count). The monoisotopic (exact) mass is 213 g/mol. The number of benzene rings is 1. The lowest BCUT2D eigenvalue weighted by Crippen LogP contribution is -1.98. The lowest BCUT2D eigenvalue weighted by molar-refractivity contribution is 1.37. The van der Waals surface area contributed by atoms with Crippen LogP contribution in [0.2, 0.25) is 5.02 Å². The fourth-order valence-electron chi connectivity index (χ4n) is 0.868. The molecule has 61 valence electrons. The van der Waals surface area contributed by atoms with Gasteiger partial charge in [-0.1, -0.05) is 48.2 Å². The first-order chi connectivity index (χ1) is 5.72. The molecule has 0 aliphatic carbocycles. The highest BCUT2D eigenvalue weighted by Crippen LogP contribution is 2.11. The highest BCUT2D eigenvalue weighted by atomic mass is 35.5. The molecule has 0 bridgehead atoms. The maximum absolute atomic E-state index is 5.78. The molecule has 0 N–H and O–H groups in total. The van der Waals surface area contributed by atoms with Gasteiger partial charge in [0.15, 0.2) is 0 Å². The van der Waals surface area contributed by atoms with Crippen LogP contribution in [0.15, 0.2) is 24.3 Å². The molecule has 0 aliphatic heterocycles. The van der Waals surface area contributed by atoms with Gasteiger partial charge in [-0.2, -0.15) is 0 Å². The number of thiocarbonyl (C=S) groups is 2. The van der Waals surface area contributed by atoms with E-state index in [9.17, 15) is 0 Å². The van der Waals surface area contributed by atoms with Crippen molar-refractivity contribution in [3.8, 4) is 0 Å². The van der Waals surface area contributed by atoms with Gasteiger partial charge in [0.05, 0.1) is 5.37 Å². The number of hydrogen-bond acceptors (Lipinski definition) is 2.